The van der Waals surface area contributed by atoms with E-state index in [0.717, 1.165) is 6.42 Å². The van der Waals surface area contributed by atoms with E-state index in [-0.39, 0.29) is 6.04 Å². The molecule has 1 radical (unpaired) electrons. The second-order valence-corrected chi connectivity index (χ2v) is 3.67. The molecule has 0 heterocycles. The van der Waals surface area contributed by atoms with E-state index >= 15 is 0 Å². The minimum Gasteiger partial charge on any atom is -0.324 e. The second kappa shape index (κ2) is 2.60. The van der Waals surface area contributed by atoms with E-state index in [1.807, 2.05) is 0 Å². The highest BCUT2D eigenvalue weighted by Crippen LogP contribution is 2.38. The molecular formula is C11H14N. The lowest BCUT2D eigenvalue weighted by atomic mass is 10.0. The summed E-state index contributed by atoms with van der Waals surface area (Å²) in [4.78, 5) is 0. The maximum Gasteiger partial charge on any atom is 0.0303 e. The van der Waals surface area contributed by atoms with E-state index in [1.165, 1.54) is 16.7 Å². The molecule has 2 N–H and O–H groups in total. The molecule has 0 bridgehead atoms. The van der Waals surface area contributed by atoms with E-state index in [0.29, 0.717) is 5.92 Å². The molecule has 1 aliphatic carbocycles. The van der Waals surface area contributed by atoms with Crippen LogP contribution in [0.25, 0.3) is 0 Å². The van der Waals surface area contributed by atoms with Crippen LogP contribution < -0.4 is 5.73 Å². The van der Waals surface area contributed by atoms with Crippen LogP contribution in [0.4, 0.5) is 0 Å². The minimum atomic E-state index is 0.211. The summed E-state index contributed by atoms with van der Waals surface area (Å²) in [7, 11) is 0. The summed E-state index contributed by atoms with van der Waals surface area (Å²) in [6.07, 6.45) is 0.999. The molecule has 1 aromatic rings. The maximum absolute atomic E-state index is 5.95. The molecular weight excluding hydrogens is 146 g/mol. The van der Waals surface area contributed by atoms with Crippen molar-refractivity contribution >= 4 is 0 Å². The SMILES string of the molecule is [CH2]C1CC(N)c2ccc(C)cc21. The Kier molecular flexibility index (Phi) is 1.69. The Labute approximate surface area is 73.6 Å². The first-order valence-electron chi connectivity index (χ1n) is 4.37. The van der Waals surface area contributed by atoms with Gasteiger partial charge in [-0.3, -0.25) is 0 Å². The molecule has 2 rings (SSSR count). The van der Waals surface area contributed by atoms with Crippen molar-refractivity contribution < 1.29 is 0 Å². The average molecular weight is 160 g/mol. The van der Waals surface area contributed by atoms with Crippen LogP contribution in [-0.2, 0) is 0 Å². The van der Waals surface area contributed by atoms with Crippen molar-refractivity contribution in [1.82, 2.24) is 0 Å². The third-order valence-electron chi connectivity index (χ3n) is 2.62. The number of aryl methyl sites for hydroxylation is 1. The van der Waals surface area contributed by atoms with Crippen LogP contribution >= 0.6 is 0 Å². The first-order chi connectivity index (χ1) is 5.68. The Hall–Kier alpha value is -0.820. The molecule has 0 aliphatic heterocycles. The summed E-state index contributed by atoms with van der Waals surface area (Å²) < 4.78 is 0. The summed E-state index contributed by atoms with van der Waals surface area (Å²) in [5.41, 5.74) is 9.89. The smallest absolute Gasteiger partial charge is 0.0303 e. The predicted octanol–water partition coefficient (Wildman–Crippen LogP) is 2.32. The highest BCUT2D eigenvalue weighted by atomic mass is 14.7. The molecule has 0 amide bonds. The predicted molar refractivity (Wildman–Crippen MR) is 50.8 cm³/mol. The van der Waals surface area contributed by atoms with Gasteiger partial charge in [0, 0.05) is 6.04 Å². The van der Waals surface area contributed by atoms with Gasteiger partial charge in [-0.1, -0.05) is 23.8 Å². The summed E-state index contributed by atoms with van der Waals surface area (Å²) in [6, 6.07) is 6.68. The highest BCUT2D eigenvalue weighted by molar-refractivity contribution is 5.40. The van der Waals surface area contributed by atoms with Gasteiger partial charge >= 0.3 is 0 Å². The van der Waals surface area contributed by atoms with Gasteiger partial charge in [-0.2, -0.15) is 0 Å². The van der Waals surface area contributed by atoms with Crippen molar-refractivity contribution in [2.75, 3.05) is 0 Å². The van der Waals surface area contributed by atoms with Gasteiger partial charge in [0.2, 0.25) is 0 Å². The molecule has 0 saturated heterocycles. The van der Waals surface area contributed by atoms with Crippen LogP contribution in [-0.4, -0.2) is 0 Å². The van der Waals surface area contributed by atoms with Crippen LogP contribution in [0.3, 0.4) is 0 Å². The van der Waals surface area contributed by atoms with Crippen LogP contribution in [0.2, 0.25) is 0 Å². The number of rotatable bonds is 0. The van der Waals surface area contributed by atoms with Gasteiger partial charge in [-0.25, -0.2) is 0 Å². The van der Waals surface area contributed by atoms with Gasteiger partial charge < -0.3 is 5.73 Å². The lowest BCUT2D eigenvalue weighted by molar-refractivity contribution is 0.671. The first kappa shape index (κ1) is 7.81. The van der Waals surface area contributed by atoms with Crippen molar-refractivity contribution in [1.29, 1.82) is 0 Å². The van der Waals surface area contributed by atoms with Gasteiger partial charge in [0.25, 0.3) is 0 Å². The maximum atomic E-state index is 5.95. The van der Waals surface area contributed by atoms with E-state index in [2.05, 4.69) is 32.0 Å². The summed E-state index contributed by atoms with van der Waals surface area (Å²) in [6.45, 7) is 6.20. The number of fused-ring (bicyclic) bond motifs is 1. The molecule has 1 nitrogen and oxygen atoms in total. The first-order valence-corrected chi connectivity index (χ1v) is 4.37. The Balaban J connectivity index is 2.53. The summed E-state index contributed by atoms with van der Waals surface area (Å²) >= 11 is 0. The minimum absolute atomic E-state index is 0.211. The zero-order chi connectivity index (χ0) is 8.72. The van der Waals surface area contributed by atoms with Gasteiger partial charge in [-0.15, -0.1) is 0 Å². The highest BCUT2D eigenvalue weighted by Gasteiger charge is 2.24. The average Bonchev–Trinajstić information content (AvgIpc) is 2.28. The van der Waals surface area contributed by atoms with E-state index in [9.17, 15) is 0 Å². The lowest BCUT2D eigenvalue weighted by Gasteiger charge is -2.04. The Bertz CT molecular complexity index is 304. The van der Waals surface area contributed by atoms with Crippen LogP contribution in [0, 0.1) is 13.8 Å². The van der Waals surface area contributed by atoms with Gasteiger partial charge in [0.15, 0.2) is 0 Å². The fourth-order valence-corrected chi connectivity index (χ4v) is 1.95. The Morgan fingerprint density at radius 3 is 2.92 bits per heavy atom. The zero-order valence-corrected chi connectivity index (χ0v) is 7.38. The monoisotopic (exact) mass is 160 g/mol. The molecule has 12 heavy (non-hydrogen) atoms. The second-order valence-electron chi connectivity index (χ2n) is 3.67. The normalized spacial score (nSPS) is 27.2. The topological polar surface area (TPSA) is 26.0 Å². The van der Waals surface area contributed by atoms with Crippen LogP contribution in [0.5, 0.6) is 0 Å². The number of hydrogen-bond donors (Lipinski definition) is 1. The van der Waals surface area contributed by atoms with Crippen molar-refractivity contribution in [3.8, 4) is 0 Å². The van der Waals surface area contributed by atoms with E-state index in [1.54, 1.807) is 0 Å². The third kappa shape index (κ3) is 1.05. The van der Waals surface area contributed by atoms with Gasteiger partial charge in [0.1, 0.15) is 0 Å². The summed E-state index contributed by atoms with van der Waals surface area (Å²) in [5.74, 6) is 0.398. The molecule has 63 valence electrons. The molecule has 0 aromatic heterocycles. The molecule has 1 aromatic carbocycles. The fourth-order valence-electron chi connectivity index (χ4n) is 1.95. The van der Waals surface area contributed by atoms with Crippen molar-refractivity contribution in [2.24, 2.45) is 5.73 Å². The lowest BCUT2D eigenvalue weighted by Crippen LogP contribution is -2.05. The molecule has 0 fully saturated rings. The molecule has 1 heteroatoms. The molecule has 0 saturated carbocycles. The van der Waals surface area contributed by atoms with Gasteiger partial charge in [0.05, 0.1) is 0 Å². The van der Waals surface area contributed by atoms with Crippen molar-refractivity contribution in [2.45, 2.75) is 25.3 Å². The van der Waals surface area contributed by atoms with Crippen LogP contribution in [0.15, 0.2) is 18.2 Å². The third-order valence-corrected chi connectivity index (χ3v) is 2.62. The molecule has 1 aliphatic rings. The standard InChI is InChI=1S/C11H14N/c1-7-3-4-9-10(5-7)8(2)6-11(9)12/h3-5,8,11H,2,6,12H2,1H3. The molecule has 0 spiro atoms. The van der Waals surface area contributed by atoms with E-state index < -0.39 is 0 Å². The van der Waals surface area contributed by atoms with Crippen molar-refractivity contribution in [3.63, 3.8) is 0 Å². The van der Waals surface area contributed by atoms with Crippen molar-refractivity contribution in [3.05, 3.63) is 41.8 Å². The van der Waals surface area contributed by atoms with Gasteiger partial charge in [-0.05, 0) is 37.3 Å². The molecule has 2 atom stereocenters. The summed E-state index contributed by atoms with van der Waals surface area (Å²) in [5, 5.41) is 0. The number of hydrogen-bond acceptors (Lipinski definition) is 1. The Morgan fingerprint density at radius 1 is 1.42 bits per heavy atom. The van der Waals surface area contributed by atoms with E-state index in [4.69, 9.17) is 5.73 Å². The van der Waals surface area contributed by atoms with Crippen LogP contribution in [0.1, 0.15) is 35.1 Å². The number of benzene rings is 1. The number of nitrogens with two attached hydrogens (primary N) is 1. The zero-order valence-electron chi connectivity index (χ0n) is 7.38. The fraction of sp³-hybridized carbons (Fsp3) is 0.364. The quantitative estimate of drug-likeness (QED) is 0.619. The largest absolute Gasteiger partial charge is 0.324 e. The Morgan fingerprint density at radius 2 is 2.17 bits per heavy atom. The molecule has 2 unspecified atom stereocenters.